The summed E-state index contributed by atoms with van der Waals surface area (Å²) in [7, 11) is 0. The van der Waals surface area contributed by atoms with Crippen molar-refractivity contribution in [3.8, 4) is 0 Å². The molecule has 0 bridgehead atoms. The minimum Gasteiger partial charge on any atom is -0.480 e. The fourth-order valence-electron chi connectivity index (χ4n) is 2.90. The molecule has 1 heterocycles. The summed E-state index contributed by atoms with van der Waals surface area (Å²) in [5.41, 5.74) is 0.0492. The highest BCUT2D eigenvalue weighted by Gasteiger charge is 2.43. The third-order valence-corrected chi connectivity index (χ3v) is 3.79. The number of rotatable bonds is 3. The normalized spacial score (nSPS) is 21.3. The number of carbonyl (C=O) groups is 2. The number of carbonyl (C=O) groups excluding carboxylic acids is 1. The molecule has 1 aromatic carbocycles. The third kappa shape index (κ3) is 4.43. The van der Waals surface area contributed by atoms with E-state index in [1.54, 1.807) is 32.9 Å². The summed E-state index contributed by atoms with van der Waals surface area (Å²) in [5, 5.41) is 9.51. The van der Waals surface area contributed by atoms with Crippen molar-refractivity contribution in [2.45, 2.75) is 45.3 Å². The van der Waals surface area contributed by atoms with Crippen molar-refractivity contribution in [1.29, 1.82) is 0 Å². The third-order valence-electron chi connectivity index (χ3n) is 3.79. The molecule has 2 atom stereocenters. The van der Waals surface area contributed by atoms with Crippen molar-refractivity contribution < 1.29 is 23.8 Å². The largest absolute Gasteiger partial charge is 0.480 e. The Hall–Kier alpha value is -2.11. The lowest BCUT2D eigenvalue weighted by atomic mass is 9.92. The van der Waals surface area contributed by atoms with E-state index in [0.717, 1.165) is 5.56 Å². The van der Waals surface area contributed by atoms with E-state index in [-0.39, 0.29) is 11.7 Å². The van der Waals surface area contributed by atoms with Crippen LogP contribution in [0.3, 0.4) is 0 Å². The molecule has 1 amide bonds. The van der Waals surface area contributed by atoms with Crippen LogP contribution in [-0.2, 0) is 16.0 Å². The van der Waals surface area contributed by atoms with Crippen LogP contribution in [0.2, 0.25) is 0 Å². The molecule has 0 radical (unpaired) electrons. The number of hydrogen-bond donors (Lipinski definition) is 1. The monoisotopic (exact) mass is 323 g/mol. The number of halogens is 1. The maximum absolute atomic E-state index is 13.3. The molecule has 2 rings (SSSR count). The molecular formula is C17H22FNO4. The molecule has 0 aliphatic carbocycles. The average molecular weight is 323 g/mol. The molecule has 1 aliphatic rings. The second-order valence-electron chi connectivity index (χ2n) is 6.84. The molecule has 1 N–H and O–H groups in total. The summed E-state index contributed by atoms with van der Waals surface area (Å²) in [6.07, 6.45) is 0.340. The number of carboxylic acids is 1. The van der Waals surface area contributed by atoms with Crippen LogP contribution < -0.4 is 0 Å². The Kier molecular flexibility index (Phi) is 4.92. The highest BCUT2D eigenvalue weighted by molar-refractivity contribution is 5.81. The number of hydrogen-bond acceptors (Lipinski definition) is 3. The molecule has 0 spiro atoms. The molecule has 0 saturated carbocycles. The van der Waals surface area contributed by atoms with Gasteiger partial charge < -0.3 is 9.84 Å². The highest BCUT2D eigenvalue weighted by Crippen LogP contribution is 2.29. The van der Waals surface area contributed by atoms with Gasteiger partial charge in [-0.2, -0.15) is 0 Å². The number of aliphatic carboxylic acids is 1. The SMILES string of the molecule is CC(C)(C)OC(=O)N1CC[C@H](Cc2cccc(F)c2)[C@@H]1C(=O)O. The van der Waals surface area contributed by atoms with Gasteiger partial charge in [-0.05, 0) is 57.2 Å². The van der Waals surface area contributed by atoms with E-state index < -0.39 is 23.7 Å². The number of nitrogens with zero attached hydrogens (tertiary/aromatic N) is 1. The topological polar surface area (TPSA) is 66.8 Å². The molecule has 1 aromatic rings. The van der Waals surface area contributed by atoms with Gasteiger partial charge in [-0.25, -0.2) is 14.0 Å². The van der Waals surface area contributed by atoms with Gasteiger partial charge in [0.05, 0.1) is 0 Å². The molecule has 1 fully saturated rings. The fraction of sp³-hybridized carbons (Fsp3) is 0.529. The molecule has 6 heteroatoms. The summed E-state index contributed by atoms with van der Waals surface area (Å²) >= 11 is 0. The Labute approximate surface area is 135 Å². The summed E-state index contributed by atoms with van der Waals surface area (Å²) in [4.78, 5) is 25.1. The second kappa shape index (κ2) is 6.56. The maximum atomic E-state index is 13.3. The number of amides is 1. The predicted molar refractivity (Wildman–Crippen MR) is 82.6 cm³/mol. The zero-order valence-corrected chi connectivity index (χ0v) is 13.6. The van der Waals surface area contributed by atoms with Crippen molar-refractivity contribution in [2.75, 3.05) is 6.54 Å². The Balaban J connectivity index is 2.13. The molecule has 0 aromatic heterocycles. The van der Waals surface area contributed by atoms with Crippen molar-refractivity contribution in [1.82, 2.24) is 4.90 Å². The first-order valence-corrected chi connectivity index (χ1v) is 7.64. The smallest absolute Gasteiger partial charge is 0.411 e. The van der Waals surface area contributed by atoms with Gasteiger partial charge in [0.15, 0.2) is 0 Å². The van der Waals surface area contributed by atoms with Gasteiger partial charge in [-0.15, -0.1) is 0 Å². The van der Waals surface area contributed by atoms with Gasteiger partial charge in [0.25, 0.3) is 0 Å². The van der Waals surface area contributed by atoms with E-state index in [0.29, 0.717) is 19.4 Å². The van der Waals surface area contributed by atoms with Crippen molar-refractivity contribution in [3.05, 3.63) is 35.6 Å². The van der Waals surface area contributed by atoms with E-state index in [2.05, 4.69) is 0 Å². The van der Waals surface area contributed by atoms with E-state index in [4.69, 9.17) is 4.74 Å². The molecule has 1 aliphatic heterocycles. The zero-order valence-electron chi connectivity index (χ0n) is 13.6. The Morgan fingerprint density at radius 1 is 1.39 bits per heavy atom. The van der Waals surface area contributed by atoms with Crippen LogP contribution in [0.25, 0.3) is 0 Å². The fourth-order valence-corrected chi connectivity index (χ4v) is 2.90. The molecule has 5 nitrogen and oxygen atoms in total. The Morgan fingerprint density at radius 2 is 2.09 bits per heavy atom. The Morgan fingerprint density at radius 3 is 2.65 bits per heavy atom. The highest BCUT2D eigenvalue weighted by atomic mass is 19.1. The van der Waals surface area contributed by atoms with Crippen molar-refractivity contribution in [3.63, 3.8) is 0 Å². The second-order valence-corrected chi connectivity index (χ2v) is 6.84. The molecule has 126 valence electrons. The summed E-state index contributed by atoms with van der Waals surface area (Å²) in [5.74, 6) is -1.67. The number of carboxylic acid groups (broad SMARTS) is 1. The molecule has 23 heavy (non-hydrogen) atoms. The van der Waals surface area contributed by atoms with E-state index in [1.165, 1.54) is 17.0 Å². The van der Waals surface area contributed by atoms with Gasteiger partial charge in [0, 0.05) is 6.54 Å². The standard InChI is InChI=1S/C17H22FNO4/c1-17(2,3)23-16(22)19-8-7-12(14(19)15(20)21)9-11-5-4-6-13(18)10-11/h4-6,10,12,14H,7-9H2,1-3H3,(H,20,21)/t12-,14-/m1/s1. The van der Waals surface area contributed by atoms with Crippen LogP contribution >= 0.6 is 0 Å². The first-order valence-electron chi connectivity index (χ1n) is 7.64. The number of ether oxygens (including phenoxy) is 1. The molecule has 1 saturated heterocycles. The summed E-state index contributed by atoms with van der Waals surface area (Å²) < 4.78 is 18.6. The summed E-state index contributed by atoms with van der Waals surface area (Å²) in [6, 6.07) is 5.15. The van der Waals surface area contributed by atoms with E-state index >= 15 is 0 Å². The zero-order chi connectivity index (χ0) is 17.2. The quantitative estimate of drug-likeness (QED) is 0.928. The summed E-state index contributed by atoms with van der Waals surface area (Å²) in [6.45, 7) is 5.54. The maximum Gasteiger partial charge on any atom is 0.411 e. The average Bonchev–Trinajstić information content (AvgIpc) is 2.80. The van der Waals surface area contributed by atoms with E-state index in [1.807, 2.05) is 0 Å². The number of benzene rings is 1. The van der Waals surface area contributed by atoms with Crippen LogP contribution in [0, 0.1) is 11.7 Å². The predicted octanol–water partition coefficient (Wildman–Crippen LogP) is 3.08. The van der Waals surface area contributed by atoms with Gasteiger partial charge >= 0.3 is 12.1 Å². The van der Waals surface area contributed by atoms with Crippen LogP contribution in [0.1, 0.15) is 32.8 Å². The van der Waals surface area contributed by atoms with E-state index in [9.17, 15) is 19.1 Å². The van der Waals surface area contributed by atoms with Gasteiger partial charge in [0.1, 0.15) is 17.5 Å². The van der Waals surface area contributed by atoms with Crippen molar-refractivity contribution >= 4 is 12.1 Å². The first kappa shape index (κ1) is 17.2. The van der Waals surface area contributed by atoms with Gasteiger partial charge in [-0.1, -0.05) is 12.1 Å². The lowest BCUT2D eigenvalue weighted by molar-refractivity contribution is -0.143. The van der Waals surface area contributed by atoms with Crippen LogP contribution in [0.15, 0.2) is 24.3 Å². The lowest BCUT2D eigenvalue weighted by Gasteiger charge is -2.28. The van der Waals surface area contributed by atoms with Gasteiger partial charge in [-0.3, -0.25) is 4.90 Å². The first-order chi connectivity index (χ1) is 10.7. The van der Waals surface area contributed by atoms with Crippen LogP contribution in [0.5, 0.6) is 0 Å². The van der Waals surface area contributed by atoms with Crippen molar-refractivity contribution in [2.24, 2.45) is 5.92 Å². The molecular weight excluding hydrogens is 301 g/mol. The van der Waals surface area contributed by atoms with Crippen LogP contribution in [0.4, 0.5) is 9.18 Å². The van der Waals surface area contributed by atoms with Gasteiger partial charge in [0.2, 0.25) is 0 Å². The lowest BCUT2D eigenvalue weighted by Crippen LogP contribution is -2.45. The Bertz CT molecular complexity index is 597. The molecule has 0 unspecified atom stereocenters. The minimum absolute atomic E-state index is 0.262. The van der Waals surface area contributed by atoms with Crippen LogP contribution in [-0.4, -0.2) is 40.3 Å². The number of likely N-dealkylation sites (tertiary alicyclic amines) is 1. The minimum atomic E-state index is -1.06.